The van der Waals surface area contributed by atoms with Crippen LogP contribution in [0.25, 0.3) is 0 Å². The Hall–Kier alpha value is -1.60. The number of benzene rings is 2. The smallest absolute Gasteiger partial charge is 0.249 e. The third kappa shape index (κ3) is 5.24. The number of morpholine rings is 1. The first-order valence-electron chi connectivity index (χ1n) is 11.1. The first kappa shape index (κ1) is 26.0. The molecule has 3 rings (SSSR count). The van der Waals surface area contributed by atoms with Gasteiger partial charge in [-0.3, -0.25) is 4.79 Å². The number of nitrogens with zero attached hydrogens (tertiary/aromatic N) is 1. The van der Waals surface area contributed by atoms with Crippen LogP contribution >= 0.6 is 23.2 Å². The highest BCUT2D eigenvalue weighted by molar-refractivity contribution is 7.93. The predicted octanol–water partition coefficient (Wildman–Crippen LogP) is 6.02. The minimum absolute atomic E-state index is 0.139. The normalized spacial score (nSPS) is 21.7. The average molecular weight is 512 g/mol. The molecule has 0 spiro atoms. The molecular weight excluding hydrogens is 481 g/mol. The zero-order valence-corrected chi connectivity index (χ0v) is 21.9. The van der Waals surface area contributed by atoms with E-state index in [4.69, 9.17) is 27.9 Å². The fourth-order valence-electron chi connectivity index (χ4n) is 4.50. The number of carbonyl (C=O) groups excluding carboxylic acids is 1. The molecule has 2 aromatic carbocycles. The summed E-state index contributed by atoms with van der Waals surface area (Å²) in [6, 6.07) is 13.5. The molecule has 1 aliphatic heterocycles. The highest BCUT2D eigenvalue weighted by Gasteiger charge is 2.47. The largest absolute Gasteiger partial charge is 0.361 e. The van der Waals surface area contributed by atoms with Gasteiger partial charge in [-0.15, -0.1) is 0 Å². The van der Waals surface area contributed by atoms with E-state index in [0.29, 0.717) is 16.5 Å². The van der Waals surface area contributed by atoms with Gasteiger partial charge in [0.25, 0.3) is 0 Å². The Kier molecular flexibility index (Phi) is 7.84. The van der Waals surface area contributed by atoms with Gasteiger partial charge >= 0.3 is 0 Å². The number of halogens is 2. The van der Waals surface area contributed by atoms with Crippen molar-refractivity contribution in [3.63, 3.8) is 0 Å². The summed E-state index contributed by atoms with van der Waals surface area (Å²) >= 11 is 12.4. The van der Waals surface area contributed by atoms with Gasteiger partial charge in [-0.2, -0.15) is 0 Å². The van der Waals surface area contributed by atoms with Crippen LogP contribution in [0.4, 0.5) is 0 Å². The highest BCUT2D eigenvalue weighted by Crippen LogP contribution is 2.43. The molecule has 5 nitrogen and oxygen atoms in total. The van der Waals surface area contributed by atoms with Crippen LogP contribution in [-0.4, -0.2) is 41.9 Å². The molecule has 2 aromatic rings. The summed E-state index contributed by atoms with van der Waals surface area (Å²) in [4.78, 5) is 15.0. The Labute approximate surface area is 206 Å². The first-order valence-corrected chi connectivity index (χ1v) is 13.4. The quantitative estimate of drug-likeness (QED) is 0.475. The van der Waals surface area contributed by atoms with Crippen molar-refractivity contribution in [1.29, 1.82) is 0 Å². The molecule has 8 heteroatoms. The lowest BCUT2D eigenvalue weighted by atomic mass is 9.90. The maximum atomic E-state index is 13.4. The molecule has 1 aliphatic rings. The third-order valence-electron chi connectivity index (χ3n) is 6.31. The zero-order valence-electron chi connectivity index (χ0n) is 19.6. The zero-order chi connectivity index (χ0) is 24.6. The van der Waals surface area contributed by atoms with Crippen molar-refractivity contribution in [2.24, 2.45) is 0 Å². The molecule has 1 fully saturated rings. The molecule has 180 valence electrons. The van der Waals surface area contributed by atoms with E-state index in [1.54, 1.807) is 50.8 Å². The molecule has 0 aromatic heterocycles. The van der Waals surface area contributed by atoms with Gasteiger partial charge < -0.3 is 9.64 Å². The Morgan fingerprint density at radius 1 is 1.06 bits per heavy atom. The molecule has 0 saturated carbocycles. The van der Waals surface area contributed by atoms with E-state index in [1.165, 1.54) is 0 Å². The second kappa shape index (κ2) is 9.95. The molecule has 1 amide bonds. The lowest BCUT2D eigenvalue weighted by Gasteiger charge is -2.47. The molecule has 1 heterocycles. The van der Waals surface area contributed by atoms with Crippen molar-refractivity contribution in [3.05, 3.63) is 69.7 Å². The fraction of sp³-hybridized carbons (Fsp3) is 0.480. The van der Waals surface area contributed by atoms with E-state index < -0.39 is 38.0 Å². The van der Waals surface area contributed by atoms with Crippen LogP contribution in [0.2, 0.25) is 10.0 Å². The van der Waals surface area contributed by atoms with Gasteiger partial charge in [-0.1, -0.05) is 54.4 Å². The topological polar surface area (TPSA) is 63.7 Å². The third-order valence-corrected chi connectivity index (χ3v) is 9.80. The predicted molar refractivity (Wildman–Crippen MR) is 133 cm³/mol. The second-order valence-corrected chi connectivity index (χ2v) is 13.4. The van der Waals surface area contributed by atoms with Gasteiger partial charge in [-0.05, 0) is 69.5 Å². The lowest BCUT2D eigenvalue weighted by Crippen LogP contribution is -2.56. The van der Waals surface area contributed by atoms with Crippen LogP contribution < -0.4 is 0 Å². The van der Waals surface area contributed by atoms with E-state index in [0.717, 1.165) is 11.1 Å². The van der Waals surface area contributed by atoms with Gasteiger partial charge in [0.1, 0.15) is 12.7 Å². The number of amides is 1. The van der Waals surface area contributed by atoms with Crippen LogP contribution in [0.1, 0.15) is 64.3 Å². The number of ether oxygens (including phenoxy) is 1. The van der Waals surface area contributed by atoms with Crippen LogP contribution in [-0.2, 0) is 19.4 Å². The van der Waals surface area contributed by atoms with Crippen molar-refractivity contribution < 1.29 is 17.9 Å². The Morgan fingerprint density at radius 3 is 2.24 bits per heavy atom. The van der Waals surface area contributed by atoms with Crippen LogP contribution in [0.5, 0.6) is 0 Å². The fourth-order valence-corrected chi connectivity index (χ4v) is 6.67. The van der Waals surface area contributed by atoms with Crippen molar-refractivity contribution >= 4 is 38.9 Å². The van der Waals surface area contributed by atoms with E-state index in [2.05, 4.69) is 0 Å². The van der Waals surface area contributed by atoms with E-state index in [9.17, 15) is 13.2 Å². The Bertz CT molecular complexity index is 1100. The van der Waals surface area contributed by atoms with Crippen LogP contribution in [0, 0.1) is 0 Å². The Balaban J connectivity index is 2.16. The molecule has 0 unspecified atom stereocenters. The summed E-state index contributed by atoms with van der Waals surface area (Å²) in [5.74, 6) is -0.240. The second-order valence-electron chi connectivity index (χ2n) is 9.42. The number of carbonyl (C=O) groups is 1. The van der Waals surface area contributed by atoms with Gasteiger partial charge in [-0.25, -0.2) is 8.42 Å². The summed E-state index contributed by atoms with van der Waals surface area (Å²) < 4.78 is 31.9. The maximum Gasteiger partial charge on any atom is 0.249 e. The molecule has 1 saturated heterocycles. The van der Waals surface area contributed by atoms with E-state index in [-0.39, 0.29) is 12.5 Å². The SMILES string of the molecule is CC[C@H]([C@@H](C)S(=O)(=O)C(C)(C)C)N1C(=O)CO[C@H](c2cccc(Cl)c2)[C@H]1c1ccc(Cl)cc1. The minimum atomic E-state index is -3.54. The number of rotatable bonds is 6. The Morgan fingerprint density at radius 2 is 1.70 bits per heavy atom. The van der Waals surface area contributed by atoms with Crippen molar-refractivity contribution in [3.8, 4) is 0 Å². The number of hydrogen-bond acceptors (Lipinski definition) is 4. The summed E-state index contributed by atoms with van der Waals surface area (Å²) in [5, 5.41) is 0.368. The van der Waals surface area contributed by atoms with Crippen molar-refractivity contribution in [1.82, 2.24) is 4.90 Å². The molecule has 0 aliphatic carbocycles. The maximum absolute atomic E-state index is 13.4. The van der Waals surface area contributed by atoms with Crippen molar-refractivity contribution in [2.75, 3.05) is 6.61 Å². The van der Waals surface area contributed by atoms with Gasteiger partial charge in [0.05, 0.1) is 16.0 Å². The molecule has 33 heavy (non-hydrogen) atoms. The van der Waals surface area contributed by atoms with Gasteiger partial charge in [0.2, 0.25) is 5.91 Å². The average Bonchev–Trinajstić information content (AvgIpc) is 2.75. The van der Waals surface area contributed by atoms with Crippen LogP contribution in [0.3, 0.4) is 0 Å². The van der Waals surface area contributed by atoms with Gasteiger partial charge in [0.15, 0.2) is 9.84 Å². The summed E-state index contributed by atoms with van der Waals surface area (Å²) in [6.07, 6.45) is -0.0321. The van der Waals surface area contributed by atoms with E-state index in [1.807, 2.05) is 37.3 Å². The highest BCUT2D eigenvalue weighted by atomic mass is 35.5. The number of hydrogen-bond donors (Lipinski definition) is 0. The lowest BCUT2D eigenvalue weighted by molar-refractivity contribution is -0.163. The molecule has 4 atom stereocenters. The monoisotopic (exact) mass is 511 g/mol. The minimum Gasteiger partial charge on any atom is -0.361 e. The van der Waals surface area contributed by atoms with Gasteiger partial charge in [0, 0.05) is 16.1 Å². The van der Waals surface area contributed by atoms with Crippen molar-refractivity contribution in [2.45, 2.75) is 69.2 Å². The first-order chi connectivity index (χ1) is 15.4. The molecule has 0 N–H and O–H groups in total. The number of sulfone groups is 1. The summed E-state index contributed by atoms with van der Waals surface area (Å²) in [5.41, 5.74) is 1.64. The summed E-state index contributed by atoms with van der Waals surface area (Å²) in [6.45, 7) is 8.55. The summed E-state index contributed by atoms with van der Waals surface area (Å²) in [7, 11) is -3.54. The molecular formula is C25H31Cl2NO4S. The molecule has 0 bridgehead atoms. The van der Waals surface area contributed by atoms with Crippen LogP contribution in [0.15, 0.2) is 48.5 Å². The standard InChI is InChI=1S/C25H31Cl2NO4S/c1-6-21(16(2)33(30,31)25(3,4)5)28-22(29)15-32-24(18-8-7-9-20(27)14-18)23(28)17-10-12-19(26)13-11-17/h7-14,16,21,23-24H,6,15H2,1-5H3/t16-,21-,23-,24-/m1/s1. The van der Waals surface area contributed by atoms with E-state index >= 15 is 0 Å². The molecule has 0 radical (unpaired) electrons.